The highest BCUT2D eigenvalue weighted by molar-refractivity contribution is 7.19. The lowest BCUT2D eigenvalue weighted by molar-refractivity contribution is 0.562. The molecule has 0 bridgehead atoms. The minimum absolute atomic E-state index is 0.772. The number of fused-ring (bicyclic) bond motifs is 1. The Balaban J connectivity index is 2.44. The molecule has 1 heteroatoms. The van der Waals surface area contributed by atoms with E-state index in [1.165, 1.54) is 35.9 Å². The van der Waals surface area contributed by atoms with E-state index >= 15 is 0 Å². The van der Waals surface area contributed by atoms with Gasteiger partial charge >= 0.3 is 0 Å². The molecule has 0 fully saturated rings. The lowest BCUT2D eigenvalue weighted by atomic mass is 9.93. The first-order chi connectivity index (χ1) is 9.92. The van der Waals surface area contributed by atoms with Crippen molar-refractivity contribution in [3.05, 3.63) is 33.7 Å². The van der Waals surface area contributed by atoms with Gasteiger partial charge < -0.3 is 0 Å². The molecule has 0 radical (unpaired) electrons. The summed E-state index contributed by atoms with van der Waals surface area (Å²) in [6.07, 6.45) is 5.02. The number of hydrogen-bond acceptors (Lipinski definition) is 1. The Labute approximate surface area is 134 Å². The number of aryl methyl sites for hydroxylation is 3. The van der Waals surface area contributed by atoms with Gasteiger partial charge in [0, 0.05) is 9.58 Å². The SMILES string of the molecule is CCC(C)Cc1cc(C)cc2sc(CCC(C)C)c(C)c12. The average Bonchev–Trinajstić information content (AvgIpc) is 2.72. The Bertz CT molecular complexity index is 604. The molecule has 1 atom stereocenters. The maximum absolute atomic E-state index is 2.42. The monoisotopic (exact) mass is 302 g/mol. The smallest absolute Gasteiger partial charge is 0.0353 e. The molecule has 0 saturated carbocycles. The van der Waals surface area contributed by atoms with Gasteiger partial charge in [0.15, 0.2) is 0 Å². The first kappa shape index (κ1) is 16.5. The predicted octanol–water partition coefficient (Wildman–Crippen LogP) is 6.70. The number of benzene rings is 1. The summed E-state index contributed by atoms with van der Waals surface area (Å²) < 4.78 is 1.50. The minimum atomic E-state index is 0.772. The summed E-state index contributed by atoms with van der Waals surface area (Å²) in [7, 11) is 0. The largest absolute Gasteiger partial charge is 0.140 e. The van der Waals surface area contributed by atoms with Crippen molar-refractivity contribution in [3.63, 3.8) is 0 Å². The van der Waals surface area contributed by atoms with Crippen LogP contribution in [0.3, 0.4) is 0 Å². The maximum atomic E-state index is 2.42. The molecule has 1 heterocycles. The van der Waals surface area contributed by atoms with Crippen LogP contribution < -0.4 is 0 Å². The molecule has 0 aliphatic heterocycles. The topological polar surface area (TPSA) is 0 Å². The summed E-state index contributed by atoms with van der Waals surface area (Å²) in [4.78, 5) is 1.61. The van der Waals surface area contributed by atoms with E-state index in [1.807, 2.05) is 11.3 Å². The fraction of sp³-hybridized carbons (Fsp3) is 0.600. The van der Waals surface area contributed by atoms with Crippen molar-refractivity contribution in [2.75, 3.05) is 0 Å². The highest BCUT2D eigenvalue weighted by atomic mass is 32.1. The Morgan fingerprint density at radius 1 is 1.10 bits per heavy atom. The number of thiophene rings is 1. The fourth-order valence-corrected chi connectivity index (χ4v) is 4.39. The minimum Gasteiger partial charge on any atom is -0.140 e. The maximum Gasteiger partial charge on any atom is 0.0353 e. The molecule has 0 saturated heterocycles. The lowest BCUT2D eigenvalue weighted by Gasteiger charge is -2.11. The Hall–Kier alpha value is -0.820. The van der Waals surface area contributed by atoms with Gasteiger partial charge in [-0.25, -0.2) is 0 Å². The third kappa shape index (κ3) is 3.88. The summed E-state index contributed by atoms with van der Waals surface area (Å²) in [5.41, 5.74) is 4.54. The van der Waals surface area contributed by atoms with Crippen LogP contribution in [-0.2, 0) is 12.8 Å². The van der Waals surface area contributed by atoms with E-state index in [1.54, 1.807) is 21.4 Å². The van der Waals surface area contributed by atoms with E-state index in [2.05, 4.69) is 53.7 Å². The summed E-state index contributed by atoms with van der Waals surface area (Å²) >= 11 is 2.03. The van der Waals surface area contributed by atoms with Gasteiger partial charge in [0.1, 0.15) is 0 Å². The molecule has 0 N–H and O–H groups in total. The normalized spacial score (nSPS) is 13.3. The van der Waals surface area contributed by atoms with Gasteiger partial charge in [-0.2, -0.15) is 0 Å². The van der Waals surface area contributed by atoms with E-state index in [-0.39, 0.29) is 0 Å². The molecule has 0 aliphatic carbocycles. The zero-order valence-electron chi connectivity index (χ0n) is 14.5. The van der Waals surface area contributed by atoms with Crippen molar-refractivity contribution in [1.29, 1.82) is 0 Å². The highest BCUT2D eigenvalue weighted by Crippen LogP contribution is 2.36. The van der Waals surface area contributed by atoms with Gasteiger partial charge in [-0.15, -0.1) is 11.3 Å². The van der Waals surface area contributed by atoms with E-state index in [4.69, 9.17) is 0 Å². The third-order valence-corrected chi connectivity index (χ3v) is 5.87. The molecule has 0 spiro atoms. The van der Waals surface area contributed by atoms with E-state index in [0.717, 1.165) is 11.8 Å². The van der Waals surface area contributed by atoms with E-state index < -0.39 is 0 Å². The molecule has 1 unspecified atom stereocenters. The van der Waals surface area contributed by atoms with Crippen molar-refractivity contribution >= 4 is 21.4 Å². The van der Waals surface area contributed by atoms with Gasteiger partial charge in [0.05, 0.1) is 0 Å². The fourth-order valence-electron chi connectivity index (χ4n) is 3.02. The molecule has 0 nitrogen and oxygen atoms in total. The first-order valence-electron chi connectivity index (χ1n) is 8.43. The second kappa shape index (κ2) is 6.96. The van der Waals surface area contributed by atoms with Gasteiger partial charge in [0.25, 0.3) is 0 Å². The molecule has 1 aromatic heterocycles. The van der Waals surface area contributed by atoms with Crippen molar-refractivity contribution < 1.29 is 0 Å². The zero-order valence-corrected chi connectivity index (χ0v) is 15.4. The van der Waals surface area contributed by atoms with Crippen LogP contribution in [-0.4, -0.2) is 0 Å². The Morgan fingerprint density at radius 2 is 1.81 bits per heavy atom. The van der Waals surface area contributed by atoms with Gasteiger partial charge in [0.2, 0.25) is 0 Å². The third-order valence-electron chi connectivity index (χ3n) is 4.57. The van der Waals surface area contributed by atoms with Crippen LogP contribution in [0.2, 0.25) is 0 Å². The Morgan fingerprint density at radius 3 is 2.43 bits per heavy atom. The molecule has 2 aromatic rings. The van der Waals surface area contributed by atoms with Crippen LogP contribution in [0.15, 0.2) is 12.1 Å². The summed E-state index contributed by atoms with van der Waals surface area (Å²) in [6, 6.07) is 4.80. The van der Waals surface area contributed by atoms with Crippen molar-refractivity contribution in [2.24, 2.45) is 11.8 Å². The molecule has 2 rings (SSSR count). The number of rotatable bonds is 6. The summed E-state index contributed by atoms with van der Waals surface area (Å²) in [5.74, 6) is 1.56. The van der Waals surface area contributed by atoms with Crippen molar-refractivity contribution in [3.8, 4) is 0 Å². The lowest BCUT2D eigenvalue weighted by Crippen LogP contribution is -1.99. The van der Waals surface area contributed by atoms with Gasteiger partial charge in [-0.1, -0.05) is 40.2 Å². The second-order valence-electron chi connectivity index (χ2n) is 7.10. The van der Waals surface area contributed by atoms with Gasteiger partial charge in [-0.05, 0) is 73.1 Å². The number of hydrogen-bond donors (Lipinski definition) is 0. The van der Waals surface area contributed by atoms with E-state index in [9.17, 15) is 0 Å². The van der Waals surface area contributed by atoms with Crippen LogP contribution >= 0.6 is 11.3 Å². The molecule has 21 heavy (non-hydrogen) atoms. The molecular formula is C20H30S. The van der Waals surface area contributed by atoms with E-state index in [0.29, 0.717) is 0 Å². The van der Waals surface area contributed by atoms with Crippen molar-refractivity contribution in [2.45, 2.75) is 67.2 Å². The molecule has 0 aliphatic rings. The van der Waals surface area contributed by atoms with Crippen LogP contribution in [0.4, 0.5) is 0 Å². The second-order valence-corrected chi connectivity index (χ2v) is 8.23. The van der Waals surface area contributed by atoms with Crippen LogP contribution in [0.5, 0.6) is 0 Å². The highest BCUT2D eigenvalue weighted by Gasteiger charge is 2.14. The zero-order chi connectivity index (χ0) is 15.6. The standard InChI is InChI=1S/C20H30S/c1-7-14(4)10-17-11-15(5)12-19-20(17)16(6)18(21-19)9-8-13(2)3/h11-14H,7-10H2,1-6H3. The summed E-state index contributed by atoms with van der Waals surface area (Å²) in [6.45, 7) is 13.9. The molecule has 1 aromatic carbocycles. The van der Waals surface area contributed by atoms with Crippen molar-refractivity contribution in [1.82, 2.24) is 0 Å². The van der Waals surface area contributed by atoms with Gasteiger partial charge in [-0.3, -0.25) is 0 Å². The molecular weight excluding hydrogens is 272 g/mol. The molecule has 116 valence electrons. The van der Waals surface area contributed by atoms with Crippen LogP contribution in [0, 0.1) is 25.7 Å². The first-order valence-corrected chi connectivity index (χ1v) is 9.25. The summed E-state index contributed by atoms with van der Waals surface area (Å²) in [5, 5.41) is 1.56. The molecule has 0 amide bonds. The van der Waals surface area contributed by atoms with Crippen LogP contribution in [0.1, 0.15) is 62.1 Å². The average molecular weight is 303 g/mol. The quantitative estimate of drug-likeness (QED) is 0.557. The predicted molar refractivity (Wildman–Crippen MR) is 97.6 cm³/mol. The Kier molecular flexibility index (Phi) is 5.48. The van der Waals surface area contributed by atoms with Crippen LogP contribution in [0.25, 0.3) is 10.1 Å².